The van der Waals surface area contributed by atoms with E-state index < -0.39 is 15.8 Å². The fourth-order valence-corrected chi connectivity index (χ4v) is 3.47. The van der Waals surface area contributed by atoms with Crippen molar-refractivity contribution in [3.63, 3.8) is 0 Å². The highest BCUT2D eigenvalue weighted by molar-refractivity contribution is 7.92. The molecular weight excluding hydrogens is 371 g/mol. The zero-order valence-electron chi connectivity index (χ0n) is 15.3. The zero-order chi connectivity index (χ0) is 19.9. The van der Waals surface area contributed by atoms with Gasteiger partial charge >= 0.3 is 0 Å². The van der Waals surface area contributed by atoms with Crippen LogP contribution in [0.25, 0.3) is 0 Å². The summed E-state index contributed by atoms with van der Waals surface area (Å²) in [6.07, 6.45) is 1.65. The maximum absolute atomic E-state index is 13.4. The molecule has 6 nitrogen and oxygen atoms in total. The van der Waals surface area contributed by atoms with E-state index in [0.29, 0.717) is 13.0 Å². The van der Waals surface area contributed by atoms with Gasteiger partial charge in [0.1, 0.15) is 11.6 Å². The van der Waals surface area contributed by atoms with Gasteiger partial charge in [-0.15, -0.1) is 0 Å². The Bertz CT molecular complexity index is 870. The summed E-state index contributed by atoms with van der Waals surface area (Å²) in [5.74, 6) is -0.0420. The topological polar surface area (TPSA) is 75.7 Å². The molecule has 1 amide bonds. The van der Waals surface area contributed by atoms with Crippen molar-refractivity contribution in [3.8, 4) is 5.75 Å². The van der Waals surface area contributed by atoms with Crippen molar-refractivity contribution in [2.45, 2.75) is 12.8 Å². The van der Waals surface area contributed by atoms with Gasteiger partial charge in [-0.25, -0.2) is 12.8 Å². The number of methoxy groups -OCH3 is 1. The highest BCUT2D eigenvalue weighted by Gasteiger charge is 2.19. The van der Waals surface area contributed by atoms with Gasteiger partial charge in [0.25, 0.3) is 0 Å². The number of ether oxygens (including phenoxy) is 1. The van der Waals surface area contributed by atoms with Crippen molar-refractivity contribution in [1.29, 1.82) is 0 Å². The van der Waals surface area contributed by atoms with Gasteiger partial charge in [0.05, 0.1) is 19.1 Å². The van der Waals surface area contributed by atoms with E-state index in [9.17, 15) is 17.6 Å². The summed E-state index contributed by atoms with van der Waals surface area (Å²) in [5, 5.41) is 2.76. The Balaban J connectivity index is 1.86. The van der Waals surface area contributed by atoms with Crippen LogP contribution in [0, 0.1) is 5.82 Å². The summed E-state index contributed by atoms with van der Waals surface area (Å²) < 4.78 is 43.4. The standard InChI is InChI=1S/C19H23FN2O4S/c1-26-18-8-6-15(7-9-18)10-12-21-19(23)11-13-22(27(2,24)25)17-5-3-4-16(20)14-17/h3-9,14H,10-13H2,1-2H3,(H,21,23). The molecule has 2 aromatic carbocycles. The van der Waals surface area contributed by atoms with E-state index in [2.05, 4.69) is 5.32 Å². The molecule has 2 rings (SSSR count). The second-order valence-corrected chi connectivity index (χ2v) is 7.92. The lowest BCUT2D eigenvalue weighted by atomic mass is 10.1. The number of hydrogen-bond acceptors (Lipinski definition) is 4. The molecule has 0 saturated heterocycles. The summed E-state index contributed by atoms with van der Waals surface area (Å²) in [5.41, 5.74) is 1.25. The smallest absolute Gasteiger partial charge is 0.232 e. The van der Waals surface area contributed by atoms with E-state index in [4.69, 9.17) is 4.74 Å². The summed E-state index contributed by atoms with van der Waals surface area (Å²) in [4.78, 5) is 12.0. The van der Waals surface area contributed by atoms with Crippen molar-refractivity contribution >= 4 is 21.6 Å². The molecule has 0 saturated carbocycles. The number of nitrogens with one attached hydrogen (secondary N) is 1. The Kier molecular flexibility index (Phi) is 7.18. The lowest BCUT2D eigenvalue weighted by Gasteiger charge is -2.22. The summed E-state index contributed by atoms with van der Waals surface area (Å²) in [6, 6.07) is 12.8. The SMILES string of the molecule is COc1ccc(CCNC(=O)CCN(c2cccc(F)c2)S(C)(=O)=O)cc1. The Morgan fingerprint density at radius 1 is 1.19 bits per heavy atom. The van der Waals surface area contributed by atoms with Crippen LogP contribution in [0.3, 0.4) is 0 Å². The number of benzene rings is 2. The van der Waals surface area contributed by atoms with Crippen LogP contribution in [0.2, 0.25) is 0 Å². The fraction of sp³-hybridized carbons (Fsp3) is 0.316. The highest BCUT2D eigenvalue weighted by atomic mass is 32.2. The largest absolute Gasteiger partial charge is 0.497 e. The number of rotatable bonds is 9. The molecule has 0 fully saturated rings. The Morgan fingerprint density at radius 3 is 2.48 bits per heavy atom. The highest BCUT2D eigenvalue weighted by Crippen LogP contribution is 2.19. The van der Waals surface area contributed by atoms with Gasteiger partial charge in [0, 0.05) is 19.5 Å². The molecule has 0 spiro atoms. The van der Waals surface area contributed by atoms with Crippen LogP contribution in [-0.2, 0) is 21.2 Å². The van der Waals surface area contributed by atoms with E-state index in [-0.39, 0.29) is 24.6 Å². The van der Waals surface area contributed by atoms with Crippen LogP contribution in [-0.4, -0.2) is 40.8 Å². The second-order valence-electron chi connectivity index (χ2n) is 6.01. The summed E-state index contributed by atoms with van der Waals surface area (Å²) >= 11 is 0. The van der Waals surface area contributed by atoms with Crippen molar-refractivity contribution in [2.75, 3.05) is 30.8 Å². The minimum atomic E-state index is -3.63. The molecule has 8 heteroatoms. The van der Waals surface area contributed by atoms with Crippen molar-refractivity contribution in [1.82, 2.24) is 5.32 Å². The lowest BCUT2D eigenvalue weighted by Crippen LogP contribution is -2.35. The van der Waals surface area contributed by atoms with Crippen LogP contribution in [0.1, 0.15) is 12.0 Å². The average Bonchev–Trinajstić information content (AvgIpc) is 2.61. The number of anilines is 1. The Labute approximate surface area is 159 Å². The maximum Gasteiger partial charge on any atom is 0.232 e. The number of amides is 1. The van der Waals surface area contributed by atoms with Gasteiger partial charge in [-0.1, -0.05) is 18.2 Å². The van der Waals surface area contributed by atoms with E-state index in [1.54, 1.807) is 7.11 Å². The summed E-state index contributed by atoms with van der Waals surface area (Å²) in [7, 11) is -2.03. The van der Waals surface area contributed by atoms with Crippen LogP contribution in [0.4, 0.5) is 10.1 Å². The van der Waals surface area contributed by atoms with Gasteiger partial charge in [0.15, 0.2) is 0 Å². The quantitative estimate of drug-likeness (QED) is 0.708. The fourth-order valence-electron chi connectivity index (χ4n) is 2.55. The number of carbonyl (C=O) groups excluding carboxylic acids is 1. The van der Waals surface area contributed by atoms with Gasteiger partial charge in [0.2, 0.25) is 15.9 Å². The molecule has 2 aromatic rings. The third-order valence-corrected chi connectivity index (χ3v) is 5.13. The third kappa shape index (κ3) is 6.56. The number of hydrogen-bond donors (Lipinski definition) is 1. The van der Waals surface area contributed by atoms with Crippen molar-refractivity contribution in [3.05, 3.63) is 59.9 Å². The number of sulfonamides is 1. The molecule has 27 heavy (non-hydrogen) atoms. The van der Waals surface area contributed by atoms with Crippen molar-refractivity contribution in [2.24, 2.45) is 0 Å². The van der Waals surface area contributed by atoms with Gasteiger partial charge in [-0.3, -0.25) is 9.10 Å². The van der Waals surface area contributed by atoms with Crippen LogP contribution in [0.5, 0.6) is 5.75 Å². The average molecular weight is 394 g/mol. The van der Waals surface area contributed by atoms with E-state index >= 15 is 0 Å². The molecule has 0 unspecified atom stereocenters. The van der Waals surface area contributed by atoms with Crippen molar-refractivity contribution < 1.29 is 22.3 Å². The second kappa shape index (κ2) is 9.36. The first-order valence-electron chi connectivity index (χ1n) is 8.42. The molecular formula is C19H23FN2O4S. The van der Waals surface area contributed by atoms with Gasteiger partial charge in [-0.05, 0) is 42.3 Å². The Hall–Kier alpha value is -2.61. The molecule has 0 atom stereocenters. The predicted octanol–water partition coefficient (Wildman–Crippen LogP) is 2.35. The lowest BCUT2D eigenvalue weighted by molar-refractivity contribution is -0.120. The molecule has 0 aromatic heterocycles. The minimum Gasteiger partial charge on any atom is -0.497 e. The number of carbonyl (C=O) groups is 1. The number of halogens is 1. The molecule has 1 N–H and O–H groups in total. The maximum atomic E-state index is 13.4. The zero-order valence-corrected chi connectivity index (χ0v) is 16.1. The van der Waals surface area contributed by atoms with Crippen LogP contribution < -0.4 is 14.4 Å². The van der Waals surface area contributed by atoms with E-state index in [0.717, 1.165) is 27.9 Å². The molecule has 0 bridgehead atoms. The van der Waals surface area contributed by atoms with Gasteiger partial charge in [-0.2, -0.15) is 0 Å². The van der Waals surface area contributed by atoms with Crippen LogP contribution in [0.15, 0.2) is 48.5 Å². The predicted molar refractivity (Wildman–Crippen MR) is 103 cm³/mol. The number of nitrogens with zero attached hydrogens (tertiary/aromatic N) is 1. The molecule has 0 radical (unpaired) electrons. The summed E-state index contributed by atoms with van der Waals surface area (Å²) in [6.45, 7) is 0.376. The first kappa shape index (κ1) is 20.7. The normalized spacial score (nSPS) is 11.1. The molecule has 0 aliphatic rings. The molecule has 146 valence electrons. The van der Waals surface area contributed by atoms with E-state index in [1.165, 1.54) is 18.2 Å². The molecule has 0 heterocycles. The van der Waals surface area contributed by atoms with Gasteiger partial charge < -0.3 is 10.1 Å². The minimum absolute atomic E-state index is 0.0216. The van der Waals surface area contributed by atoms with E-state index in [1.807, 2.05) is 24.3 Å². The Morgan fingerprint density at radius 2 is 1.89 bits per heavy atom. The first-order valence-corrected chi connectivity index (χ1v) is 10.3. The first-order chi connectivity index (χ1) is 12.8. The van der Waals surface area contributed by atoms with Crippen LogP contribution >= 0.6 is 0 Å². The molecule has 0 aliphatic heterocycles. The molecule has 0 aliphatic carbocycles. The monoisotopic (exact) mass is 394 g/mol. The third-order valence-electron chi connectivity index (χ3n) is 3.93.